The first kappa shape index (κ1) is 11.9. The summed E-state index contributed by atoms with van der Waals surface area (Å²) in [5.74, 6) is -0.460. The summed E-state index contributed by atoms with van der Waals surface area (Å²) < 4.78 is 18.3. The molecule has 0 aliphatic carbocycles. The summed E-state index contributed by atoms with van der Waals surface area (Å²) in [6, 6.07) is 7.37. The van der Waals surface area contributed by atoms with Crippen LogP contribution in [0.25, 0.3) is 6.08 Å². The predicted molar refractivity (Wildman–Crippen MR) is 67.2 cm³/mol. The van der Waals surface area contributed by atoms with Gasteiger partial charge in [0.05, 0.1) is 12.0 Å². The quantitative estimate of drug-likeness (QED) is 0.646. The number of hydrogen-bond donors (Lipinski definition) is 2. The average Bonchev–Trinajstić information content (AvgIpc) is 2.84. The molecule has 4 nitrogen and oxygen atoms in total. The smallest absolute Gasteiger partial charge is 0.248 e. The van der Waals surface area contributed by atoms with Crippen LogP contribution in [0.15, 0.2) is 47.1 Å². The fourth-order valence-electron chi connectivity index (χ4n) is 1.36. The third-order valence-corrected chi connectivity index (χ3v) is 2.19. The highest BCUT2D eigenvalue weighted by atomic mass is 19.1. The number of halogens is 1. The lowest BCUT2D eigenvalue weighted by atomic mass is 10.2. The van der Waals surface area contributed by atoms with Gasteiger partial charge in [0.1, 0.15) is 11.6 Å². The Morgan fingerprint density at radius 2 is 2.22 bits per heavy atom. The summed E-state index contributed by atoms with van der Waals surface area (Å²) in [5.41, 5.74) is 5.93. The topological polar surface area (TPSA) is 68.3 Å². The standard InChI is InChI=1S/C13H11FN2O2/c14-11-5-3-9(15)8-12(11)16-13(17)6-4-10-2-1-7-18-10/h1-8H,15H2,(H,16,17)/b6-4+. The van der Waals surface area contributed by atoms with Crippen LogP contribution < -0.4 is 11.1 Å². The van der Waals surface area contributed by atoms with Crippen molar-refractivity contribution in [1.29, 1.82) is 0 Å². The molecule has 1 heterocycles. The number of carbonyl (C=O) groups is 1. The predicted octanol–water partition coefficient (Wildman–Crippen LogP) is 2.65. The summed E-state index contributed by atoms with van der Waals surface area (Å²) in [5, 5.41) is 2.39. The van der Waals surface area contributed by atoms with Crippen molar-refractivity contribution >= 4 is 23.4 Å². The van der Waals surface area contributed by atoms with E-state index in [1.807, 2.05) is 0 Å². The van der Waals surface area contributed by atoms with Crippen LogP contribution in [0.2, 0.25) is 0 Å². The largest absolute Gasteiger partial charge is 0.465 e. The molecular weight excluding hydrogens is 235 g/mol. The SMILES string of the molecule is Nc1ccc(F)c(NC(=O)/C=C/c2ccco2)c1. The van der Waals surface area contributed by atoms with Crippen LogP contribution in [0.4, 0.5) is 15.8 Å². The number of carbonyl (C=O) groups excluding carboxylic acids is 1. The van der Waals surface area contributed by atoms with E-state index in [1.165, 1.54) is 36.6 Å². The monoisotopic (exact) mass is 246 g/mol. The Hall–Kier alpha value is -2.56. The molecule has 0 spiro atoms. The molecule has 18 heavy (non-hydrogen) atoms. The van der Waals surface area contributed by atoms with Gasteiger partial charge in [0, 0.05) is 11.8 Å². The first-order chi connectivity index (χ1) is 8.65. The molecular formula is C13H11FN2O2. The fraction of sp³-hybridized carbons (Fsp3) is 0. The van der Waals surface area contributed by atoms with Crippen molar-refractivity contribution < 1.29 is 13.6 Å². The first-order valence-electron chi connectivity index (χ1n) is 5.23. The van der Waals surface area contributed by atoms with E-state index in [9.17, 15) is 9.18 Å². The second-order valence-corrected chi connectivity index (χ2v) is 3.58. The Labute approximate surface area is 103 Å². The zero-order valence-electron chi connectivity index (χ0n) is 9.39. The molecule has 0 atom stereocenters. The molecule has 1 amide bonds. The van der Waals surface area contributed by atoms with Crippen molar-refractivity contribution in [3.05, 3.63) is 54.2 Å². The summed E-state index contributed by atoms with van der Waals surface area (Å²) in [6.45, 7) is 0. The molecule has 2 aromatic rings. The fourth-order valence-corrected chi connectivity index (χ4v) is 1.36. The maximum Gasteiger partial charge on any atom is 0.248 e. The molecule has 2 rings (SSSR count). The van der Waals surface area contributed by atoms with Crippen LogP contribution in [0.3, 0.4) is 0 Å². The summed E-state index contributed by atoms with van der Waals surface area (Å²) in [4.78, 5) is 11.5. The summed E-state index contributed by atoms with van der Waals surface area (Å²) in [7, 11) is 0. The van der Waals surface area contributed by atoms with E-state index in [1.54, 1.807) is 12.1 Å². The Bertz CT molecular complexity index is 577. The van der Waals surface area contributed by atoms with Gasteiger partial charge in [-0.25, -0.2) is 4.39 Å². The highest BCUT2D eigenvalue weighted by molar-refractivity contribution is 6.02. The van der Waals surface area contributed by atoms with Gasteiger partial charge in [0.25, 0.3) is 0 Å². The number of furan rings is 1. The molecule has 0 unspecified atom stereocenters. The van der Waals surface area contributed by atoms with Gasteiger partial charge in [-0.05, 0) is 36.4 Å². The molecule has 92 valence electrons. The lowest BCUT2D eigenvalue weighted by molar-refractivity contribution is -0.111. The molecule has 0 aliphatic heterocycles. The average molecular weight is 246 g/mol. The number of nitrogens with one attached hydrogen (secondary N) is 1. The maximum atomic E-state index is 13.3. The zero-order chi connectivity index (χ0) is 13.0. The minimum absolute atomic E-state index is 0.0455. The highest BCUT2D eigenvalue weighted by Gasteiger charge is 2.04. The van der Waals surface area contributed by atoms with Crippen molar-refractivity contribution in [2.24, 2.45) is 0 Å². The van der Waals surface area contributed by atoms with Crippen LogP contribution in [0.5, 0.6) is 0 Å². The van der Waals surface area contributed by atoms with Gasteiger partial charge in [-0.2, -0.15) is 0 Å². The Morgan fingerprint density at radius 3 is 2.94 bits per heavy atom. The van der Waals surface area contributed by atoms with E-state index in [2.05, 4.69) is 5.32 Å². The molecule has 0 aliphatic rings. The van der Waals surface area contributed by atoms with E-state index < -0.39 is 11.7 Å². The van der Waals surface area contributed by atoms with Crippen molar-refractivity contribution in [1.82, 2.24) is 0 Å². The van der Waals surface area contributed by atoms with Gasteiger partial charge in [0.15, 0.2) is 0 Å². The molecule has 0 fully saturated rings. The third kappa shape index (κ3) is 2.98. The van der Waals surface area contributed by atoms with Gasteiger partial charge in [-0.1, -0.05) is 0 Å². The highest BCUT2D eigenvalue weighted by Crippen LogP contribution is 2.17. The van der Waals surface area contributed by atoms with E-state index in [0.29, 0.717) is 11.4 Å². The van der Waals surface area contributed by atoms with Gasteiger partial charge >= 0.3 is 0 Å². The van der Waals surface area contributed by atoms with E-state index >= 15 is 0 Å². The Morgan fingerprint density at radius 1 is 1.39 bits per heavy atom. The molecule has 0 saturated heterocycles. The minimum Gasteiger partial charge on any atom is -0.465 e. The summed E-state index contributed by atoms with van der Waals surface area (Å²) in [6.07, 6.45) is 4.23. The second kappa shape index (κ2) is 5.18. The molecule has 1 aromatic carbocycles. The van der Waals surface area contributed by atoms with Crippen LogP contribution >= 0.6 is 0 Å². The van der Waals surface area contributed by atoms with E-state index in [4.69, 9.17) is 10.2 Å². The third-order valence-electron chi connectivity index (χ3n) is 2.19. The van der Waals surface area contributed by atoms with Crippen LogP contribution in [-0.4, -0.2) is 5.91 Å². The van der Waals surface area contributed by atoms with Crippen molar-refractivity contribution in [3.63, 3.8) is 0 Å². The number of hydrogen-bond acceptors (Lipinski definition) is 3. The van der Waals surface area contributed by atoms with E-state index in [-0.39, 0.29) is 5.69 Å². The van der Waals surface area contributed by atoms with Gasteiger partial charge in [0.2, 0.25) is 5.91 Å². The number of amides is 1. The van der Waals surface area contributed by atoms with Crippen LogP contribution in [0.1, 0.15) is 5.76 Å². The molecule has 1 aromatic heterocycles. The number of anilines is 2. The van der Waals surface area contributed by atoms with Crippen molar-refractivity contribution in [2.45, 2.75) is 0 Å². The minimum atomic E-state index is -0.538. The number of benzene rings is 1. The molecule has 0 bridgehead atoms. The van der Waals surface area contributed by atoms with E-state index in [0.717, 1.165) is 0 Å². The van der Waals surface area contributed by atoms with Crippen molar-refractivity contribution in [3.8, 4) is 0 Å². The number of nitrogens with two attached hydrogens (primary N) is 1. The second-order valence-electron chi connectivity index (χ2n) is 3.58. The molecule has 3 N–H and O–H groups in total. The zero-order valence-corrected chi connectivity index (χ0v) is 9.39. The molecule has 0 radical (unpaired) electrons. The van der Waals surface area contributed by atoms with Gasteiger partial charge in [-0.3, -0.25) is 4.79 Å². The molecule has 0 saturated carbocycles. The molecule has 5 heteroatoms. The van der Waals surface area contributed by atoms with Gasteiger partial charge < -0.3 is 15.5 Å². The maximum absolute atomic E-state index is 13.3. The normalized spacial score (nSPS) is 10.7. The Kier molecular flexibility index (Phi) is 3.43. The van der Waals surface area contributed by atoms with Crippen LogP contribution in [0, 0.1) is 5.82 Å². The van der Waals surface area contributed by atoms with Crippen molar-refractivity contribution in [2.75, 3.05) is 11.1 Å². The number of nitrogen functional groups attached to an aromatic ring is 1. The summed E-state index contributed by atoms with van der Waals surface area (Å²) >= 11 is 0. The van der Waals surface area contributed by atoms with Gasteiger partial charge in [-0.15, -0.1) is 0 Å². The lowest BCUT2D eigenvalue weighted by Gasteiger charge is -2.04. The Balaban J connectivity index is 2.05. The van der Waals surface area contributed by atoms with Crippen LogP contribution in [-0.2, 0) is 4.79 Å². The lowest BCUT2D eigenvalue weighted by Crippen LogP contribution is -2.09. The number of rotatable bonds is 3. The first-order valence-corrected chi connectivity index (χ1v) is 5.23.